The maximum Gasteiger partial charge on any atom is 0.322 e. The Hall–Kier alpha value is -0.610. The molecule has 1 heterocycles. The van der Waals surface area contributed by atoms with E-state index >= 15 is 0 Å². The molecule has 0 spiro atoms. The molecule has 0 saturated carbocycles. The van der Waals surface area contributed by atoms with Crippen molar-refractivity contribution >= 4 is 5.97 Å². The van der Waals surface area contributed by atoms with E-state index in [1.807, 2.05) is 6.92 Å². The Morgan fingerprint density at radius 3 is 2.73 bits per heavy atom. The van der Waals surface area contributed by atoms with E-state index < -0.39 is 0 Å². The molecule has 0 radical (unpaired) electrons. The monoisotopic (exact) mass is 214 g/mol. The number of hydrogen-bond acceptors (Lipinski definition) is 4. The van der Waals surface area contributed by atoms with Crippen molar-refractivity contribution in [2.75, 3.05) is 33.8 Å². The summed E-state index contributed by atoms with van der Waals surface area (Å²) in [7, 11) is 3.60. The van der Waals surface area contributed by atoms with Crippen molar-refractivity contribution < 1.29 is 9.53 Å². The normalized spacial score (nSPS) is 26.3. The zero-order valence-corrected chi connectivity index (χ0v) is 10.2. The molecule has 1 fully saturated rings. The first-order chi connectivity index (χ1) is 7.10. The number of methoxy groups -OCH3 is 1. The number of piperazine rings is 1. The van der Waals surface area contributed by atoms with E-state index in [4.69, 9.17) is 4.74 Å². The predicted molar refractivity (Wildman–Crippen MR) is 59.8 cm³/mol. The SMILES string of the molecule is CCC1CN(C(C)C(=O)OC)CCN1C. The standard InChI is InChI=1S/C11H22N2O2/c1-5-10-8-13(7-6-12(10)3)9(2)11(14)15-4/h9-10H,5-8H2,1-4H3. The summed E-state index contributed by atoms with van der Waals surface area (Å²) in [6.45, 7) is 7.05. The van der Waals surface area contributed by atoms with Crippen LogP contribution in [0.2, 0.25) is 0 Å². The van der Waals surface area contributed by atoms with Crippen LogP contribution in [0.1, 0.15) is 20.3 Å². The predicted octanol–water partition coefficient (Wildman–Crippen LogP) is 0.574. The van der Waals surface area contributed by atoms with Gasteiger partial charge in [0, 0.05) is 25.7 Å². The molecule has 0 amide bonds. The van der Waals surface area contributed by atoms with Gasteiger partial charge >= 0.3 is 5.97 Å². The van der Waals surface area contributed by atoms with Gasteiger partial charge < -0.3 is 9.64 Å². The maximum atomic E-state index is 11.4. The van der Waals surface area contributed by atoms with Crippen LogP contribution < -0.4 is 0 Å². The maximum absolute atomic E-state index is 11.4. The van der Waals surface area contributed by atoms with Gasteiger partial charge in [-0.3, -0.25) is 9.69 Å². The number of nitrogens with zero attached hydrogens (tertiary/aromatic N) is 2. The third-order valence-electron chi connectivity index (χ3n) is 3.37. The highest BCUT2D eigenvalue weighted by molar-refractivity contribution is 5.75. The number of likely N-dealkylation sites (N-methyl/N-ethyl adjacent to an activating group) is 1. The van der Waals surface area contributed by atoms with Gasteiger partial charge in [-0.2, -0.15) is 0 Å². The Morgan fingerprint density at radius 1 is 1.53 bits per heavy atom. The molecule has 0 N–H and O–H groups in total. The molecule has 88 valence electrons. The van der Waals surface area contributed by atoms with Crippen molar-refractivity contribution in [3.05, 3.63) is 0 Å². The number of hydrogen-bond donors (Lipinski definition) is 0. The van der Waals surface area contributed by atoms with E-state index in [1.54, 1.807) is 0 Å². The lowest BCUT2D eigenvalue weighted by Gasteiger charge is -2.40. The van der Waals surface area contributed by atoms with Crippen LogP contribution in [-0.2, 0) is 9.53 Å². The highest BCUT2D eigenvalue weighted by atomic mass is 16.5. The molecule has 0 aromatic heterocycles. The molecule has 2 atom stereocenters. The molecule has 1 aliphatic heterocycles. The van der Waals surface area contributed by atoms with Crippen molar-refractivity contribution in [2.45, 2.75) is 32.4 Å². The summed E-state index contributed by atoms with van der Waals surface area (Å²) in [6, 6.07) is 0.448. The molecule has 1 aliphatic rings. The fourth-order valence-corrected chi connectivity index (χ4v) is 2.08. The summed E-state index contributed by atoms with van der Waals surface area (Å²) in [5.74, 6) is -0.130. The van der Waals surface area contributed by atoms with Crippen molar-refractivity contribution in [1.82, 2.24) is 9.80 Å². The third kappa shape index (κ3) is 2.92. The smallest absolute Gasteiger partial charge is 0.322 e. The molecule has 1 saturated heterocycles. The minimum absolute atomic E-state index is 0.113. The van der Waals surface area contributed by atoms with E-state index in [2.05, 4.69) is 23.8 Å². The third-order valence-corrected chi connectivity index (χ3v) is 3.37. The van der Waals surface area contributed by atoms with Gasteiger partial charge in [0.1, 0.15) is 6.04 Å². The zero-order chi connectivity index (χ0) is 11.4. The van der Waals surface area contributed by atoms with Gasteiger partial charge in [0.25, 0.3) is 0 Å². The van der Waals surface area contributed by atoms with Crippen LogP contribution in [0.4, 0.5) is 0 Å². The summed E-state index contributed by atoms with van der Waals surface area (Å²) >= 11 is 0. The Bertz CT molecular complexity index is 221. The van der Waals surface area contributed by atoms with Gasteiger partial charge in [0.2, 0.25) is 0 Å². The molecule has 4 heteroatoms. The van der Waals surface area contributed by atoms with Crippen molar-refractivity contribution in [3.63, 3.8) is 0 Å². The first-order valence-corrected chi connectivity index (χ1v) is 5.62. The van der Waals surface area contributed by atoms with Gasteiger partial charge in [0.05, 0.1) is 7.11 Å². The molecule has 0 bridgehead atoms. The molecule has 15 heavy (non-hydrogen) atoms. The number of carbonyl (C=O) groups is 1. The Labute approximate surface area is 92.2 Å². The first kappa shape index (κ1) is 12.5. The van der Waals surface area contributed by atoms with Gasteiger partial charge in [-0.1, -0.05) is 6.92 Å². The van der Waals surface area contributed by atoms with Gasteiger partial charge in [-0.25, -0.2) is 0 Å². The lowest BCUT2D eigenvalue weighted by Crippen LogP contribution is -2.55. The Kier molecular flexibility index (Phi) is 4.54. The fourth-order valence-electron chi connectivity index (χ4n) is 2.08. The molecule has 0 aromatic carbocycles. The summed E-state index contributed by atoms with van der Waals surface area (Å²) < 4.78 is 4.77. The van der Waals surface area contributed by atoms with E-state index in [9.17, 15) is 4.79 Å². The lowest BCUT2D eigenvalue weighted by atomic mass is 10.1. The van der Waals surface area contributed by atoms with Crippen LogP contribution in [0.3, 0.4) is 0 Å². The van der Waals surface area contributed by atoms with Crippen LogP contribution in [0.15, 0.2) is 0 Å². The van der Waals surface area contributed by atoms with Crippen molar-refractivity contribution in [1.29, 1.82) is 0 Å². The first-order valence-electron chi connectivity index (χ1n) is 5.62. The summed E-state index contributed by atoms with van der Waals surface area (Å²) in [6.07, 6.45) is 1.13. The molecule has 0 aromatic rings. The van der Waals surface area contributed by atoms with Crippen molar-refractivity contribution in [3.8, 4) is 0 Å². The average Bonchev–Trinajstić information content (AvgIpc) is 2.27. The molecular weight excluding hydrogens is 192 g/mol. The highest BCUT2D eigenvalue weighted by Crippen LogP contribution is 2.13. The number of rotatable bonds is 3. The summed E-state index contributed by atoms with van der Waals surface area (Å²) in [4.78, 5) is 16.0. The molecule has 1 rings (SSSR count). The number of esters is 1. The van der Waals surface area contributed by atoms with Crippen LogP contribution in [0.25, 0.3) is 0 Å². The fraction of sp³-hybridized carbons (Fsp3) is 0.909. The van der Waals surface area contributed by atoms with Gasteiger partial charge in [-0.05, 0) is 20.4 Å². The minimum atomic E-state index is -0.130. The summed E-state index contributed by atoms with van der Waals surface area (Å²) in [5.41, 5.74) is 0. The Balaban J connectivity index is 2.54. The quantitative estimate of drug-likeness (QED) is 0.643. The van der Waals surface area contributed by atoms with Crippen LogP contribution >= 0.6 is 0 Å². The molecule has 0 aliphatic carbocycles. The minimum Gasteiger partial charge on any atom is -0.468 e. The second-order valence-corrected chi connectivity index (χ2v) is 4.24. The second kappa shape index (κ2) is 5.47. The highest BCUT2D eigenvalue weighted by Gasteiger charge is 2.29. The number of carbonyl (C=O) groups excluding carboxylic acids is 1. The molecule has 4 nitrogen and oxygen atoms in total. The zero-order valence-electron chi connectivity index (χ0n) is 10.2. The largest absolute Gasteiger partial charge is 0.468 e. The molecular formula is C11H22N2O2. The number of ether oxygens (including phenoxy) is 1. The topological polar surface area (TPSA) is 32.8 Å². The van der Waals surface area contributed by atoms with Crippen LogP contribution in [-0.4, -0.2) is 61.6 Å². The van der Waals surface area contributed by atoms with E-state index in [0.717, 1.165) is 26.1 Å². The Morgan fingerprint density at radius 2 is 2.20 bits per heavy atom. The molecule has 2 unspecified atom stereocenters. The van der Waals surface area contributed by atoms with E-state index in [0.29, 0.717) is 6.04 Å². The average molecular weight is 214 g/mol. The second-order valence-electron chi connectivity index (χ2n) is 4.24. The summed E-state index contributed by atoms with van der Waals surface area (Å²) in [5, 5.41) is 0. The van der Waals surface area contributed by atoms with E-state index in [-0.39, 0.29) is 12.0 Å². The van der Waals surface area contributed by atoms with Crippen molar-refractivity contribution in [2.24, 2.45) is 0 Å². The van der Waals surface area contributed by atoms with Crippen LogP contribution in [0.5, 0.6) is 0 Å². The van der Waals surface area contributed by atoms with Crippen LogP contribution in [0, 0.1) is 0 Å². The van der Waals surface area contributed by atoms with Gasteiger partial charge in [-0.15, -0.1) is 0 Å². The van der Waals surface area contributed by atoms with E-state index in [1.165, 1.54) is 7.11 Å². The van der Waals surface area contributed by atoms with Gasteiger partial charge in [0.15, 0.2) is 0 Å². The lowest BCUT2D eigenvalue weighted by molar-refractivity contribution is -0.147.